The van der Waals surface area contributed by atoms with Crippen molar-refractivity contribution in [3.05, 3.63) is 46.5 Å². The zero-order chi connectivity index (χ0) is 37.0. The van der Waals surface area contributed by atoms with Gasteiger partial charge in [-0.25, -0.2) is 9.59 Å². The van der Waals surface area contributed by atoms with E-state index < -0.39 is 65.7 Å². The summed E-state index contributed by atoms with van der Waals surface area (Å²) >= 11 is 8.23. The number of carbonyl (C=O) groups excluding carboxylic acids is 4. The van der Waals surface area contributed by atoms with E-state index in [0.717, 1.165) is 11.1 Å². The highest BCUT2D eigenvalue weighted by Gasteiger charge is 2.64. The molecule has 0 saturated carbocycles. The first-order valence-corrected chi connectivity index (χ1v) is 18.2. The summed E-state index contributed by atoms with van der Waals surface area (Å²) in [5.41, 5.74) is -0.880. The van der Waals surface area contributed by atoms with E-state index in [1.54, 1.807) is 45.2 Å². The maximum Gasteiger partial charge on any atom is 0.409 e. The van der Waals surface area contributed by atoms with Crippen LogP contribution >= 0.6 is 23.4 Å². The lowest BCUT2D eigenvalue weighted by atomic mass is 9.83. The second kappa shape index (κ2) is 16.4. The molecule has 15 heteroatoms. The fourth-order valence-electron chi connectivity index (χ4n) is 6.41. The summed E-state index contributed by atoms with van der Waals surface area (Å²) in [7, 11) is 4.49. The first-order valence-electron chi connectivity index (χ1n) is 16.4. The summed E-state index contributed by atoms with van der Waals surface area (Å²) in [6.45, 7) is 6.94. The summed E-state index contributed by atoms with van der Waals surface area (Å²) in [6, 6.07) is 2.58. The number of hydrogen-bond donors (Lipinski definition) is 3. The number of nitrogens with one attached hydrogen (secondary N) is 2. The van der Waals surface area contributed by atoms with Crippen LogP contribution in [-0.4, -0.2) is 104 Å². The van der Waals surface area contributed by atoms with Crippen molar-refractivity contribution in [2.45, 2.75) is 95.2 Å². The van der Waals surface area contributed by atoms with Gasteiger partial charge in [-0.3, -0.25) is 14.9 Å². The molecule has 2 saturated heterocycles. The molecule has 0 radical (unpaired) electrons. The van der Waals surface area contributed by atoms with E-state index in [-0.39, 0.29) is 30.2 Å². The van der Waals surface area contributed by atoms with Crippen LogP contribution in [0.3, 0.4) is 0 Å². The summed E-state index contributed by atoms with van der Waals surface area (Å²) in [5.74, 6) is -1.04. The number of alkyl carbamates (subject to hydrolysis) is 1. The average molecular weight is 738 g/mol. The highest BCUT2D eigenvalue weighted by Crippen LogP contribution is 2.49. The number of esters is 1. The van der Waals surface area contributed by atoms with Gasteiger partial charge in [-0.15, -0.1) is 0 Å². The van der Waals surface area contributed by atoms with Gasteiger partial charge in [-0.2, -0.15) is 11.8 Å². The third kappa shape index (κ3) is 8.94. The Balaban J connectivity index is 1.75. The Labute approximate surface area is 302 Å². The third-order valence-electron chi connectivity index (χ3n) is 9.47. The van der Waals surface area contributed by atoms with Crippen LogP contribution in [0.25, 0.3) is 0 Å². The zero-order valence-electron chi connectivity index (χ0n) is 29.7. The molecule has 13 nitrogen and oxygen atoms in total. The number of allylic oxidation sites excluding steroid dienone is 3. The second-order valence-corrected chi connectivity index (χ2v) is 14.6. The number of methoxy groups -OCH3 is 2. The number of carbonyl (C=O) groups is 4. The molecule has 1 aromatic carbocycles. The monoisotopic (exact) mass is 737 g/mol. The van der Waals surface area contributed by atoms with Crippen LogP contribution in [0.5, 0.6) is 5.75 Å². The van der Waals surface area contributed by atoms with Crippen LogP contribution in [0.15, 0.2) is 35.9 Å². The van der Waals surface area contributed by atoms with E-state index in [4.69, 9.17) is 35.3 Å². The van der Waals surface area contributed by atoms with Gasteiger partial charge in [0.2, 0.25) is 11.8 Å². The molecule has 3 aliphatic rings. The van der Waals surface area contributed by atoms with E-state index in [2.05, 4.69) is 10.6 Å². The number of benzene rings is 1. The number of aliphatic hydroxyl groups is 1. The molecule has 0 unspecified atom stereocenters. The molecule has 1 aromatic rings. The van der Waals surface area contributed by atoms with Gasteiger partial charge in [-0.05, 0) is 51.1 Å². The fourth-order valence-corrected chi connectivity index (χ4v) is 7.12. The van der Waals surface area contributed by atoms with Crippen molar-refractivity contribution in [1.29, 1.82) is 0 Å². The SMILES string of the molecule is COc1cc2cc(c1Cl)N(C)C(=O)C[C@@H](OC(=O)[C@@H](C)NC(=O)CCSC)[C@]1(C)O[C@@H]1[C@@H](C)[C@H]1C[C@](O)(NC(=O)O1)[C@@H](OC)/C=C/C=C(\C)C2. The van der Waals surface area contributed by atoms with Crippen molar-refractivity contribution in [3.63, 3.8) is 0 Å². The molecule has 3 amide bonds. The number of rotatable bonds is 8. The minimum Gasteiger partial charge on any atom is -0.495 e. The quantitative estimate of drug-likeness (QED) is 0.262. The molecule has 2 fully saturated rings. The van der Waals surface area contributed by atoms with Crippen molar-refractivity contribution in [3.8, 4) is 5.75 Å². The molecule has 0 aliphatic carbocycles. The average Bonchev–Trinajstić information content (AvgIpc) is 3.76. The zero-order valence-corrected chi connectivity index (χ0v) is 31.3. The molecule has 3 aliphatic heterocycles. The van der Waals surface area contributed by atoms with Gasteiger partial charge in [0.15, 0.2) is 5.72 Å². The Morgan fingerprint density at radius 3 is 2.66 bits per heavy atom. The van der Waals surface area contributed by atoms with E-state index in [9.17, 15) is 24.3 Å². The van der Waals surface area contributed by atoms with Crippen LogP contribution in [0, 0.1) is 5.92 Å². The number of epoxide rings is 1. The minimum atomic E-state index is -1.82. The lowest BCUT2D eigenvalue weighted by Crippen LogP contribution is -2.63. The number of fused-ring (bicyclic) bond motifs is 5. The van der Waals surface area contributed by atoms with Crippen LogP contribution < -0.4 is 20.3 Å². The van der Waals surface area contributed by atoms with E-state index in [1.165, 1.54) is 37.8 Å². The molecule has 3 heterocycles. The molecule has 4 rings (SSSR count). The first kappa shape index (κ1) is 39.5. The maximum atomic E-state index is 14.0. The Bertz CT molecular complexity index is 1520. The van der Waals surface area contributed by atoms with E-state index in [1.807, 2.05) is 19.3 Å². The second-order valence-electron chi connectivity index (χ2n) is 13.3. The molecule has 50 heavy (non-hydrogen) atoms. The molecule has 4 bridgehead atoms. The third-order valence-corrected chi connectivity index (χ3v) is 10.5. The Morgan fingerprint density at radius 2 is 2.00 bits per heavy atom. The molecule has 3 N–H and O–H groups in total. The lowest BCUT2D eigenvalue weighted by molar-refractivity contribution is -0.157. The van der Waals surface area contributed by atoms with Gasteiger partial charge in [0.05, 0.1) is 25.3 Å². The first-order chi connectivity index (χ1) is 23.6. The largest absolute Gasteiger partial charge is 0.495 e. The predicted molar refractivity (Wildman–Crippen MR) is 189 cm³/mol. The summed E-state index contributed by atoms with van der Waals surface area (Å²) < 4.78 is 29.0. The Kier molecular flexibility index (Phi) is 12.9. The minimum absolute atomic E-state index is 0.0449. The summed E-state index contributed by atoms with van der Waals surface area (Å²) in [6.07, 6.45) is 3.11. The van der Waals surface area contributed by atoms with E-state index >= 15 is 0 Å². The number of anilines is 1. The molecule has 8 atom stereocenters. The van der Waals surface area contributed by atoms with Crippen LogP contribution in [0.1, 0.15) is 52.5 Å². The van der Waals surface area contributed by atoms with Crippen LogP contribution in [0.2, 0.25) is 5.02 Å². The van der Waals surface area contributed by atoms with Crippen molar-refractivity contribution >= 4 is 52.9 Å². The van der Waals surface area contributed by atoms with Gasteiger partial charge in [0, 0.05) is 38.7 Å². The van der Waals surface area contributed by atoms with Crippen LogP contribution in [-0.2, 0) is 39.8 Å². The number of hydrogen-bond acceptors (Lipinski definition) is 11. The van der Waals surface area contributed by atoms with Crippen LogP contribution in [0.4, 0.5) is 10.5 Å². The molecular weight excluding hydrogens is 690 g/mol. The van der Waals surface area contributed by atoms with Gasteiger partial charge in [0.25, 0.3) is 0 Å². The summed E-state index contributed by atoms with van der Waals surface area (Å²) in [5, 5.41) is 17.1. The normalized spacial score (nSPS) is 32.3. The number of thioether (sulfide) groups is 1. The molecular formula is C35H48ClN3O10S. The number of nitrogens with zero attached hydrogens (tertiary/aromatic N) is 1. The molecule has 276 valence electrons. The Hall–Kier alpha value is -3.30. The van der Waals surface area contributed by atoms with Crippen molar-refractivity contribution < 1.29 is 48.0 Å². The van der Waals surface area contributed by atoms with Crippen molar-refractivity contribution in [2.24, 2.45) is 5.92 Å². The lowest BCUT2D eigenvalue weighted by Gasteiger charge is -2.42. The summed E-state index contributed by atoms with van der Waals surface area (Å²) in [4.78, 5) is 54.0. The van der Waals surface area contributed by atoms with Gasteiger partial charge in [-0.1, -0.05) is 42.3 Å². The standard InChI is InChI=1S/C35H48ClN3O10S/c1-19-10-9-11-26(46-7)35(44)18-25(47-33(43)38-35)20(2)31-34(4,49-31)27(48-32(42)21(3)37-28(40)12-13-50-8)17-29(41)39(5)23-15-22(14-19)16-24(45-6)30(23)36/h9-11,15-16,20-21,25-27,31,44H,12-14,17-18H2,1-8H3,(H,37,40)(H,38,43)/b11-9+,19-10+/t20-,21+,25+,26-,27+,31+,34-,35+/m0/s1. The number of amides is 3. The van der Waals surface area contributed by atoms with Crippen molar-refractivity contribution in [1.82, 2.24) is 10.6 Å². The molecule has 0 spiro atoms. The fraction of sp³-hybridized carbons (Fsp3) is 0.600. The van der Waals surface area contributed by atoms with Gasteiger partial charge >= 0.3 is 12.1 Å². The highest BCUT2D eigenvalue weighted by molar-refractivity contribution is 7.98. The Morgan fingerprint density at radius 1 is 1.28 bits per heavy atom. The molecule has 0 aromatic heterocycles. The number of halogens is 1. The van der Waals surface area contributed by atoms with E-state index in [0.29, 0.717) is 23.6 Å². The topological polar surface area (TPSA) is 165 Å². The highest BCUT2D eigenvalue weighted by atomic mass is 35.5. The smallest absolute Gasteiger partial charge is 0.409 e. The van der Waals surface area contributed by atoms with Gasteiger partial charge in [0.1, 0.15) is 40.7 Å². The number of ether oxygens (including phenoxy) is 5. The van der Waals surface area contributed by atoms with Gasteiger partial charge < -0.3 is 39.0 Å². The van der Waals surface area contributed by atoms with Crippen molar-refractivity contribution in [2.75, 3.05) is 38.2 Å². The maximum absolute atomic E-state index is 14.0. The predicted octanol–water partition coefficient (Wildman–Crippen LogP) is 3.93.